The monoisotopic (exact) mass is 430 g/mol. The summed E-state index contributed by atoms with van der Waals surface area (Å²) < 4.78 is 31.3. The van der Waals surface area contributed by atoms with E-state index in [9.17, 15) is 8.78 Å². The van der Waals surface area contributed by atoms with Gasteiger partial charge in [0.05, 0.1) is 11.1 Å². The highest BCUT2D eigenvalue weighted by atomic mass is 35.5. The van der Waals surface area contributed by atoms with Crippen LogP contribution in [0.4, 0.5) is 14.6 Å². The number of halogens is 6. The van der Waals surface area contributed by atoms with E-state index in [-0.39, 0.29) is 50.4 Å². The van der Waals surface area contributed by atoms with E-state index in [1.54, 1.807) is 6.92 Å². The molecular weight excluding hydrogens is 420 g/mol. The third-order valence-electron chi connectivity index (χ3n) is 2.90. The van der Waals surface area contributed by atoms with Crippen LogP contribution in [0.15, 0.2) is 6.07 Å². The maximum atomic E-state index is 12.9. The van der Waals surface area contributed by atoms with Gasteiger partial charge in [0.1, 0.15) is 34.0 Å². The molecule has 0 amide bonds. The summed E-state index contributed by atoms with van der Waals surface area (Å²) in [6, 6.07) is 1.05. The smallest absolute Gasteiger partial charge is 0.282 e. The fraction of sp³-hybridized carbons (Fsp3) is 0.357. The maximum Gasteiger partial charge on any atom is 0.282 e. The van der Waals surface area contributed by atoms with Gasteiger partial charge in [0, 0.05) is 0 Å². The third kappa shape index (κ3) is 5.17. The number of hydrogen-bond donors (Lipinski definition) is 1. The number of alkyl halides is 2. The van der Waals surface area contributed by atoms with Gasteiger partial charge in [-0.05, 0) is 19.9 Å². The molecule has 2 heterocycles. The number of pyridine rings is 1. The lowest BCUT2D eigenvalue weighted by Crippen LogP contribution is -2.25. The number of anilines is 1. The van der Waals surface area contributed by atoms with Crippen LogP contribution in [0, 0.1) is 6.92 Å². The third-order valence-corrected chi connectivity index (χ3v) is 4.22. The summed E-state index contributed by atoms with van der Waals surface area (Å²) in [6.07, 6.45) is -2.81. The molecule has 0 bridgehead atoms. The van der Waals surface area contributed by atoms with Crippen LogP contribution < -0.4 is 10.1 Å². The normalized spacial score (nSPS) is 12.4. The summed E-state index contributed by atoms with van der Waals surface area (Å²) in [7, 11) is 0. The molecule has 0 saturated carbocycles. The van der Waals surface area contributed by atoms with E-state index in [1.165, 1.54) is 13.0 Å². The summed E-state index contributed by atoms with van der Waals surface area (Å²) in [5.74, 6) is 0.362. The zero-order valence-electron chi connectivity index (χ0n) is 13.0. The van der Waals surface area contributed by atoms with Crippen LogP contribution in [-0.4, -0.2) is 27.6 Å². The van der Waals surface area contributed by atoms with Gasteiger partial charge in [-0.2, -0.15) is 4.98 Å². The van der Waals surface area contributed by atoms with Crippen LogP contribution in [0.3, 0.4) is 0 Å². The lowest BCUT2D eigenvalue weighted by Gasteiger charge is -2.18. The number of hydrogen-bond acceptors (Lipinski definition) is 5. The Bertz CT molecular complexity index is 779. The maximum absolute atomic E-state index is 12.9. The predicted octanol–water partition coefficient (Wildman–Crippen LogP) is 5.61. The molecule has 136 valence electrons. The van der Waals surface area contributed by atoms with Crippen LogP contribution in [0.25, 0.3) is 0 Å². The Morgan fingerprint density at radius 1 is 1.12 bits per heavy atom. The zero-order valence-corrected chi connectivity index (χ0v) is 16.0. The number of rotatable bonds is 6. The summed E-state index contributed by atoms with van der Waals surface area (Å²) in [5.41, 5.74) is -0.529. The van der Waals surface area contributed by atoms with E-state index in [0.717, 1.165) is 0 Å². The second kappa shape index (κ2) is 8.49. The van der Waals surface area contributed by atoms with Crippen molar-refractivity contribution in [3.05, 3.63) is 37.8 Å². The molecule has 2 aromatic heterocycles. The molecule has 0 saturated heterocycles. The molecule has 1 atom stereocenters. The second-order valence-corrected chi connectivity index (χ2v) is 6.57. The largest absolute Gasteiger partial charge is 0.474 e. The van der Waals surface area contributed by atoms with Gasteiger partial charge in [-0.3, -0.25) is 0 Å². The highest BCUT2D eigenvalue weighted by Gasteiger charge is 2.20. The van der Waals surface area contributed by atoms with Gasteiger partial charge in [0.15, 0.2) is 5.15 Å². The highest BCUT2D eigenvalue weighted by molar-refractivity contribution is 6.42. The van der Waals surface area contributed by atoms with E-state index >= 15 is 0 Å². The molecule has 0 aliphatic carbocycles. The molecule has 1 N–H and O–H groups in total. The Morgan fingerprint density at radius 3 is 2.44 bits per heavy atom. The standard InChI is InChI=1S/C14H12Cl4F2N4O/c1-5(4-25-14-8(16)3-7(15)11(18)24-14)21-13-9(17)10(12(19)20)22-6(2)23-13/h3,5,12H,4H2,1-2H3,(H,21,22,23). The minimum Gasteiger partial charge on any atom is -0.474 e. The van der Waals surface area contributed by atoms with E-state index in [0.29, 0.717) is 0 Å². The van der Waals surface area contributed by atoms with Crippen LogP contribution in [-0.2, 0) is 0 Å². The number of ether oxygens (including phenoxy) is 1. The Morgan fingerprint density at radius 2 is 1.80 bits per heavy atom. The van der Waals surface area contributed by atoms with E-state index in [2.05, 4.69) is 20.3 Å². The quantitative estimate of drug-likeness (QED) is 0.602. The summed E-state index contributed by atoms with van der Waals surface area (Å²) in [4.78, 5) is 11.6. The number of aryl methyl sites for hydroxylation is 1. The Hall–Kier alpha value is -1.15. The van der Waals surface area contributed by atoms with Gasteiger partial charge in [0.2, 0.25) is 5.88 Å². The fourth-order valence-electron chi connectivity index (χ4n) is 1.83. The van der Waals surface area contributed by atoms with Crippen molar-refractivity contribution >= 4 is 52.2 Å². The topological polar surface area (TPSA) is 59.9 Å². The van der Waals surface area contributed by atoms with Gasteiger partial charge >= 0.3 is 0 Å². The van der Waals surface area contributed by atoms with Crippen molar-refractivity contribution in [1.82, 2.24) is 15.0 Å². The van der Waals surface area contributed by atoms with Gasteiger partial charge in [-0.25, -0.2) is 18.7 Å². The van der Waals surface area contributed by atoms with Crippen molar-refractivity contribution in [2.24, 2.45) is 0 Å². The summed E-state index contributed by atoms with van der Waals surface area (Å²) >= 11 is 23.5. The van der Waals surface area contributed by atoms with E-state index in [4.69, 9.17) is 51.1 Å². The van der Waals surface area contributed by atoms with Gasteiger partial charge in [0.25, 0.3) is 6.43 Å². The average molecular weight is 432 g/mol. The van der Waals surface area contributed by atoms with Crippen molar-refractivity contribution in [2.75, 3.05) is 11.9 Å². The van der Waals surface area contributed by atoms with Crippen molar-refractivity contribution < 1.29 is 13.5 Å². The summed E-state index contributed by atoms with van der Waals surface area (Å²) in [6.45, 7) is 3.32. The molecule has 25 heavy (non-hydrogen) atoms. The van der Waals surface area contributed by atoms with Crippen LogP contribution in [0.2, 0.25) is 20.2 Å². The van der Waals surface area contributed by atoms with Crippen LogP contribution in [0.5, 0.6) is 5.88 Å². The zero-order chi connectivity index (χ0) is 18.7. The first kappa shape index (κ1) is 20.2. The first-order valence-electron chi connectivity index (χ1n) is 6.92. The van der Waals surface area contributed by atoms with E-state index < -0.39 is 12.1 Å². The molecule has 2 aromatic rings. The molecule has 5 nitrogen and oxygen atoms in total. The van der Waals surface area contributed by atoms with Gasteiger partial charge < -0.3 is 10.1 Å². The van der Waals surface area contributed by atoms with Crippen LogP contribution in [0.1, 0.15) is 24.9 Å². The van der Waals surface area contributed by atoms with Gasteiger partial charge in [-0.1, -0.05) is 46.4 Å². The van der Waals surface area contributed by atoms with Gasteiger partial charge in [-0.15, -0.1) is 0 Å². The SMILES string of the molecule is Cc1nc(NC(C)COc2nc(Cl)c(Cl)cc2Cl)c(Cl)c(C(F)F)n1. The fourth-order valence-corrected chi connectivity index (χ4v) is 2.60. The Kier molecular flexibility index (Phi) is 6.85. The molecular formula is C14H12Cl4F2N4O. The van der Waals surface area contributed by atoms with Crippen molar-refractivity contribution in [3.8, 4) is 5.88 Å². The Balaban J connectivity index is 2.08. The molecule has 0 aromatic carbocycles. The molecule has 0 aliphatic rings. The predicted molar refractivity (Wildman–Crippen MR) is 94.6 cm³/mol. The minimum atomic E-state index is -2.81. The molecule has 1 unspecified atom stereocenters. The van der Waals surface area contributed by atoms with Crippen molar-refractivity contribution in [2.45, 2.75) is 26.3 Å². The lowest BCUT2D eigenvalue weighted by molar-refractivity contribution is 0.146. The molecule has 0 radical (unpaired) electrons. The Labute approximate surface area is 162 Å². The van der Waals surface area contributed by atoms with Crippen molar-refractivity contribution in [3.63, 3.8) is 0 Å². The average Bonchev–Trinajstić information content (AvgIpc) is 2.52. The molecule has 11 heteroatoms. The van der Waals surface area contributed by atoms with Crippen LogP contribution >= 0.6 is 46.4 Å². The van der Waals surface area contributed by atoms with E-state index in [1.807, 2.05) is 0 Å². The second-order valence-electron chi connectivity index (χ2n) is 5.02. The molecule has 0 aliphatic heterocycles. The van der Waals surface area contributed by atoms with Crippen molar-refractivity contribution in [1.29, 1.82) is 0 Å². The molecule has 0 spiro atoms. The number of nitrogens with zero attached hydrogens (tertiary/aromatic N) is 3. The molecule has 2 rings (SSSR count). The molecule has 0 fully saturated rings. The number of aromatic nitrogens is 3. The minimum absolute atomic E-state index is 0.0534. The highest BCUT2D eigenvalue weighted by Crippen LogP contribution is 2.32. The first-order chi connectivity index (χ1) is 11.7. The summed E-state index contributed by atoms with van der Waals surface area (Å²) in [5, 5.41) is 3.10. The number of nitrogens with one attached hydrogen (secondary N) is 1. The first-order valence-corrected chi connectivity index (χ1v) is 8.43. The lowest BCUT2D eigenvalue weighted by atomic mass is 10.3.